The van der Waals surface area contributed by atoms with Gasteiger partial charge < -0.3 is 41.8 Å². The Hall–Kier alpha value is -4.10. The molecule has 0 radical (unpaired) electrons. The Balaban J connectivity index is 0.000000171. The summed E-state index contributed by atoms with van der Waals surface area (Å²) in [4.78, 5) is 16.2. The summed E-state index contributed by atoms with van der Waals surface area (Å²) in [6, 6.07) is 14.0. The molecule has 2 aromatic carbocycles. The minimum Gasteiger partial charge on any atom is -0.452 e. The predicted octanol–water partition coefficient (Wildman–Crippen LogP) is 4.99. The first-order valence-corrected chi connectivity index (χ1v) is 14.4. The van der Waals surface area contributed by atoms with Gasteiger partial charge in [-0.15, -0.1) is 0 Å². The second-order valence-corrected chi connectivity index (χ2v) is 11.3. The van der Waals surface area contributed by atoms with E-state index in [-0.39, 0.29) is 18.5 Å². The lowest BCUT2D eigenvalue weighted by Gasteiger charge is -2.14. The Bertz CT molecular complexity index is 1520. The molecule has 12 nitrogen and oxygen atoms in total. The Morgan fingerprint density at radius 1 is 0.791 bits per heavy atom. The lowest BCUT2D eigenvalue weighted by Crippen LogP contribution is -2.21. The number of aliphatic hydroxyl groups excluding tert-OH is 1. The molecule has 8 N–H and O–H groups in total. The molecule has 2 fully saturated rings. The summed E-state index contributed by atoms with van der Waals surface area (Å²) in [5, 5.41) is 26.5. The summed E-state index contributed by atoms with van der Waals surface area (Å²) in [5.41, 5.74) is 10.6. The number of aliphatic hydroxyl groups is 2. The van der Waals surface area contributed by atoms with Gasteiger partial charge in [0.25, 0.3) is 0 Å². The number of ether oxygens (including phenoxy) is 2. The minimum atomic E-state index is -0.642. The number of nitrogens with zero attached hydrogens (tertiary/aromatic N) is 4. The predicted molar refractivity (Wildman–Crippen MR) is 166 cm³/mol. The first-order valence-electron chi connectivity index (χ1n) is 13.6. The highest BCUT2D eigenvalue weighted by atomic mass is 35.5. The second-order valence-electron chi connectivity index (χ2n) is 10.4. The van der Waals surface area contributed by atoms with Crippen molar-refractivity contribution < 1.29 is 19.7 Å². The molecule has 2 aliphatic carbocycles. The van der Waals surface area contributed by atoms with E-state index in [1.54, 1.807) is 48.5 Å². The van der Waals surface area contributed by atoms with Crippen molar-refractivity contribution in [2.24, 2.45) is 11.8 Å². The van der Waals surface area contributed by atoms with Crippen LogP contribution in [-0.2, 0) is 0 Å². The van der Waals surface area contributed by atoms with E-state index in [0.29, 0.717) is 63.1 Å². The highest BCUT2D eigenvalue weighted by Crippen LogP contribution is 2.39. The zero-order valence-corrected chi connectivity index (χ0v) is 24.6. The molecular formula is C29H32Cl2N8O4. The van der Waals surface area contributed by atoms with Crippen molar-refractivity contribution in [2.45, 2.75) is 24.9 Å². The highest BCUT2D eigenvalue weighted by molar-refractivity contribution is 6.30. The van der Waals surface area contributed by atoms with Crippen LogP contribution in [0.5, 0.6) is 23.0 Å². The third-order valence-electron chi connectivity index (χ3n) is 6.88. The third kappa shape index (κ3) is 8.94. The standard InChI is InChI=1S/C15H17ClN4O2.C14H15ClN4O2/c16-11-1-3-12(4-2-11)22-13-7-19-15(17)20-14(13)18-6-9-5-10(9)8-21;15-9-1-3-10(4-2-9)21-11-7-17-13(16)19-12(11)18-8-14(20)5-6-14/h1-4,7,9-10,21H,5-6,8H2,(H3,17,18,19,20);1-4,7,20H,5-6,8H2,(H3,16,17,18,19)/t9-,10+;/m0./s1. The van der Waals surface area contributed by atoms with Crippen LogP contribution in [0.4, 0.5) is 23.5 Å². The number of hydrogen-bond donors (Lipinski definition) is 6. The van der Waals surface area contributed by atoms with Gasteiger partial charge in [0, 0.05) is 29.7 Å². The van der Waals surface area contributed by atoms with Gasteiger partial charge in [-0.2, -0.15) is 9.97 Å². The molecular weight excluding hydrogens is 595 g/mol. The van der Waals surface area contributed by atoms with Crippen LogP contribution < -0.4 is 31.6 Å². The Labute approximate surface area is 258 Å². The minimum absolute atomic E-state index is 0.142. The summed E-state index contributed by atoms with van der Waals surface area (Å²) in [6.07, 6.45) is 5.63. The molecule has 0 saturated heterocycles. The van der Waals surface area contributed by atoms with E-state index < -0.39 is 5.60 Å². The number of anilines is 4. The lowest BCUT2D eigenvalue weighted by atomic mass is 10.3. The molecule has 2 heterocycles. The molecule has 0 bridgehead atoms. The number of halogens is 2. The van der Waals surface area contributed by atoms with Crippen LogP contribution in [0.2, 0.25) is 10.0 Å². The fourth-order valence-electron chi connectivity index (χ4n) is 4.01. The highest BCUT2D eigenvalue weighted by Gasteiger charge is 2.40. The topological polar surface area (TPSA) is 187 Å². The molecule has 0 amide bonds. The fourth-order valence-corrected chi connectivity index (χ4v) is 4.26. The van der Waals surface area contributed by atoms with Crippen LogP contribution in [-0.4, -0.2) is 55.4 Å². The number of rotatable bonds is 11. The summed E-state index contributed by atoms with van der Waals surface area (Å²) in [5.74, 6) is 4.36. The van der Waals surface area contributed by atoms with Crippen molar-refractivity contribution in [2.75, 3.05) is 41.8 Å². The van der Waals surface area contributed by atoms with Gasteiger partial charge >= 0.3 is 0 Å². The zero-order valence-electron chi connectivity index (χ0n) is 23.1. The Kier molecular flexibility index (Phi) is 9.51. The molecule has 0 unspecified atom stereocenters. The fraction of sp³-hybridized carbons (Fsp3) is 0.310. The molecule has 0 aliphatic heterocycles. The van der Waals surface area contributed by atoms with Crippen molar-refractivity contribution in [1.82, 2.24) is 19.9 Å². The molecule has 6 rings (SSSR count). The Morgan fingerprint density at radius 2 is 1.28 bits per heavy atom. The monoisotopic (exact) mass is 626 g/mol. The number of nitrogens with two attached hydrogens (primary N) is 2. The van der Waals surface area contributed by atoms with Crippen LogP contribution in [0, 0.1) is 11.8 Å². The van der Waals surface area contributed by atoms with Crippen LogP contribution >= 0.6 is 23.2 Å². The maximum absolute atomic E-state index is 9.88. The molecule has 226 valence electrons. The number of hydrogen-bond acceptors (Lipinski definition) is 12. The third-order valence-corrected chi connectivity index (χ3v) is 7.38. The smallest absolute Gasteiger partial charge is 0.222 e. The van der Waals surface area contributed by atoms with Crippen molar-refractivity contribution in [3.63, 3.8) is 0 Å². The maximum Gasteiger partial charge on any atom is 0.222 e. The molecule has 43 heavy (non-hydrogen) atoms. The number of nitrogen functional groups attached to an aromatic ring is 2. The molecule has 0 spiro atoms. The van der Waals surface area contributed by atoms with E-state index in [4.69, 9.17) is 49.2 Å². The van der Waals surface area contributed by atoms with Gasteiger partial charge in [0.15, 0.2) is 23.1 Å². The summed E-state index contributed by atoms with van der Waals surface area (Å²) < 4.78 is 11.5. The Morgan fingerprint density at radius 3 is 1.72 bits per heavy atom. The molecule has 14 heteroatoms. The first-order chi connectivity index (χ1) is 20.7. The van der Waals surface area contributed by atoms with Crippen LogP contribution in [0.15, 0.2) is 60.9 Å². The normalized spacial score (nSPS) is 17.7. The molecule has 2 saturated carbocycles. The largest absolute Gasteiger partial charge is 0.452 e. The van der Waals surface area contributed by atoms with E-state index in [2.05, 4.69) is 30.6 Å². The molecule has 2 aliphatic rings. The second kappa shape index (κ2) is 13.5. The van der Waals surface area contributed by atoms with Crippen molar-refractivity contribution >= 4 is 46.7 Å². The molecule has 2 atom stereocenters. The van der Waals surface area contributed by atoms with Crippen LogP contribution in [0.1, 0.15) is 19.3 Å². The van der Waals surface area contributed by atoms with E-state index in [9.17, 15) is 5.11 Å². The van der Waals surface area contributed by atoms with Gasteiger partial charge in [0.2, 0.25) is 11.9 Å². The summed E-state index contributed by atoms with van der Waals surface area (Å²) in [7, 11) is 0. The van der Waals surface area contributed by atoms with Gasteiger partial charge in [-0.05, 0) is 79.6 Å². The SMILES string of the molecule is Nc1ncc(Oc2ccc(Cl)cc2)c(NCC2(O)CC2)n1.Nc1ncc(Oc2ccc(Cl)cc2)c(NC[C@@H]2C[C@@H]2CO)n1. The first kappa shape index (κ1) is 30.4. The van der Waals surface area contributed by atoms with Crippen LogP contribution in [0.3, 0.4) is 0 Å². The van der Waals surface area contributed by atoms with Crippen LogP contribution in [0.25, 0.3) is 0 Å². The lowest BCUT2D eigenvalue weighted by molar-refractivity contribution is 0.164. The average Bonchev–Trinajstić information content (AvgIpc) is 3.93. The van der Waals surface area contributed by atoms with E-state index in [1.807, 2.05) is 0 Å². The summed E-state index contributed by atoms with van der Waals surface area (Å²) >= 11 is 11.7. The maximum atomic E-state index is 9.88. The van der Waals surface area contributed by atoms with Gasteiger partial charge in [-0.3, -0.25) is 0 Å². The zero-order chi connectivity index (χ0) is 30.4. The molecule has 2 aromatic heterocycles. The molecule has 4 aromatic rings. The van der Waals surface area contributed by atoms with E-state index in [1.165, 1.54) is 12.4 Å². The number of nitrogens with one attached hydrogen (secondary N) is 2. The van der Waals surface area contributed by atoms with Gasteiger partial charge in [-0.1, -0.05) is 23.2 Å². The van der Waals surface area contributed by atoms with Crippen molar-refractivity contribution in [1.29, 1.82) is 0 Å². The van der Waals surface area contributed by atoms with E-state index >= 15 is 0 Å². The van der Waals surface area contributed by atoms with Gasteiger partial charge in [-0.25, -0.2) is 9.97 Å². The van der Waals surface area contributed by atoms with Gasteiger partial charge in [0.05, 0.1) is 18.0 Å². The average molecular weight is 628 g/mol. The van der Waals surface area contributed by atoms with Crippen molar-refractivity contribution in [3.05, 3.63) is 71.0 Å². The van der Waals surface area contributed by atoms with Gasteiger partial charge in [0.1, 0.15) is 11.5 Å². The number of benzene rings is 2. The number of aromatic nitrogens is 4. The quantitative estimate of drug-likeness (QED) is 0.131. The summed E-state index contributed by atoms with van der Waals surface area (Å²) in [6.45, 7) is 1.35. The van der Waals surface area contributed by atoms with E-state index in [0.717, 1.165) is 25.8 Å². The van der Waals surface area contributed by atoms with Crippen molar-refractivity contribution in [3.8, 4) is 23.0 Å².